The zero-order valence-corrected chi connectivity index (χ0v) is 10.5. The van der Waals surface area contributed by atoms with Crippen LogP contribution in [0.4, 0.5) is 5.69 Å². The number of nitrogens with one attached hydrogen (secondary N) is 1. The summed E-state index contributed by atoms with van der Waals surface area (Å²) in [4.78, 5) is 13.5. The number of hydrogen-bond donors (Lipinski definition) is 3. The molecular formula is C11H20N4O2. The Hall–Kier alpha value is -1.56. The topological polar surface area (TPSA) is 95.2 Å². The third-order valence-corrected chi connectivity index (χ3v) is 2.83. The highest BCUT2D eigenvalue weighted by molar-refractivity contribution is 5.97. The molecule has 0 spiro atoms. The number of rotatable bonds is 5. The van der Waals surface area contributed by atoms with Gasteiger partial charge in [-0.2, -0.15) is 5.10 Å². The SMILES string of the molecule is CCCc1[nH]nc(C(=O)N(C)C(C)CO)c1N. The van der Waals surface area contributed by atoms with Gasteiger partial charge in [-0.05, 0) is 13.3 Å². The van der Waals surface area contributed by atoms with Gasteiger partial charge in [-0.15, -0.1) is 0 Å². The second-order valence-corrected chi connectivity index (χ2v) is 4.16. The molecule has 1 atom stereocenters. The fourth-order valence-electron chi connectivity index (χ4n) is 1.48. The maximum atomic E-state index is 12.0. The molecular weight excluding hydrogens is 220 g/mol. The molecule has 0 aliphatic rings. The van der Waals surface area contributed by atoms with Gasteiger partial charge in [0.1, 0.15) is 0 Å². The number of nitrogens with two attached hydrogens (primary N) is 1. The van der Waals surface area contributed by atoms with Crippen molar-refractivity contribution < 1.29 is 9.90 Å². The van der Waals surface area contributed by atoms with E-state index in [0.717, 1.165) is 18.5 Å². The summed E-state index contributed by atoms with van der Waals surface area (Å²) >= 11 is 0. The van der Waals surface area contributed by atoms with Crippen molar-refractivity contribution in [3.8, 4) is 0 Å². The first-order valence-corrected chi connectivity index (χ1v) is 5.73. The van der Waals surface area contributed by atoms with Gasteiger partial charge in [0.05, 0.1) is 24.0 Å². The van der Waals surface area contributed by atoms with Crippen LogP contribution in [-0.4, -0.2) is 45.8 Å². The van der Waals surface area contributed by atoms with Crippen LogP contribution in [0.15, 0.2) is 0 Å². The second-order valence-electron chi connectivity index (χ2n) is 4.16. The van der Waals surface area contributed by atoms with E-state index in [1.165, 1.54) is 4.90 Å². The van der Waals surface area contributed by atoms with Crippen LogP contribution in [0.25, 0.3) is 0 Å². The predicted octanol–water partition coefficient (Wildman–Crippen LogP) is 0.397. The minimum atomic E-state index is -0.275. The standard InChI is InChI=1S/C11H20N4O2/c1-4-5-8-9(12)10(14-13-8)11(17)15(3)7(2)6-16/h7,16H,4-6,12H2,1-3H3,(H,13,14). The Morgan fingerprint density at radius 2 is 2.29 bits per heavy atom. The molecule has 1 unspecified atom stereocenters. The molecule has 0 aromatic carbocycles. The summed E-state index contributed by atoms with van der Waals surface area (Å²) in [7, 11) is 1.62. The fourth-order valence-corrected chi connectivity index (χ4v) is 1.48. The summed E-state index contributed by atoms with van der Waals surface area (Å²) in [5, 5.41) is 15.7. The van der Waals surface area contributed by atoms with Gasteiger partial charge in [-0.25, -0.2) is 0 Å². The number of carbonyl (C=O) groups is 1. The molecule has 0 bridgehead atoms. The van der Waals surface area contributed by atoms with Gasteiger partial charge < -0.3 is 15.7 Å². The number of aromatic nitrogens is 2. The monoisotopic (exact) mass is 240 g/mol. The van der Waals surface area contributed by atoms with Crippen LogP contribution in [-0.2, 0) is 6.42 Å². The Morgan fingerprint density at radius 1 is 1.65 bits per heavy atom. The van der Waals surface area contributed by atoms with E-state index in [1.54, 1.807) is 14.0 Å². The molecule has 1 amide bonds. The lowest BCUT2D eigenvalue weighted by Gasteiger charge is -2.22. The molecule has 96 valence electrons. The van der Waals surface area contributed by atoms with Gasteiger partial charge in [-0.3, -0.25) is 9.89 Å². The first-order chi connectivity index (χ1) is 8.02. The molecule has 1 heterocycles. The van der Waals surface area contributed by atoms with Crippen LogP contribution in [0.5, 0.6) is 0 Å². The Kier molecular flexibility index (Phi) is 4.51. The number of aliphatic hydroxyl groups is 1. The van der Waals surface area contributed by atoms with E-state index >= 15 is 0 Å². The summed E-state index contributed by atoms with van der Waals surface area (Å²) in [6.07, 6.45) is 1.70. The Bertz CT molecular complexity index is 389. The first-order valence-electron chi connectivity index (χ1n) is 5.73. The first kappa shape index (κ1) is 13.5. The van der Waals surface area contributed by atoms with E-state index in [9.17, 15) is 4.79 Å². The quantitative estimate of drug-likeness (QED) is 0.694. The predicted molar refractivity (Wildman–Crippen MR) is 65.6 cm³/mol. The van der Waals surface area contributed by atoms with Crippen molar-refractivity contribution in [2.45, 2.75) is 32.7 Å². The van der Waals surface area contributed by atoms with Gasteiger partial charge in [0.25, 0.3) is 5.91 Å². The van der Waals surface area contributed by atoms with Gasteiger partial charge in [0.15, 0.2) is 5.69 Å². The average molecular weight is 240 g/mol. The number of H-pyrrole nitrogens is 1. The molecule has 0 saturated heterocycles. The van der Waals surface area contributed by atoms with Crippen LogP contribution in [0.2, 0.25) is 0 Å². The van der Waals surface area contributed by atoms with Crippen LogP contribution < -0.4 is 5.73 Å². The number of aromatic amines is 1. The molecule has 17 heavy (non-hydrogen) atoms. The molecule has 1 aromatic rings. The minimum Gasteiger partial charge on any atom is -0.395 e. The molecule has 6 heteroatoms. The van der Waals surface area contributed by atoms with Gasteiger partial charge in [-0.1, -0.05) is 13.3 Å². The number of anilines is 1. The van der Waals surface area contributed by atoms with E-state index < -0.39 is 0 Å². The zero-order valence-electron chi connectivity index (χ0n) is 10.5. The minimum absolute atomic E-state index is 0.0889. The smallest absolute Gasteiger partial charge is 0.276 e. The number of carbonyl (C=O) groups excluding carboxylic acids is 1. The molecule has 1 aromatic heterocycles. The van der Waals surface area contributed by atoms with Gasteiger partial charge in [0, 0.05) is 7.05 Å². The molecule has 1 rings (SSSR count). The fraction of sp³-hybridized carbons (Fsp3) is 0.636. The third kappa shape index (κ3) is 2.76. The van der Waals surface area contributed by atoms with Crippen molar-refractivity contribution in [2.75, 3.05) is 19.4 Å². The lowest BCUT2D eigenvalue weighted by molar-refractivity contribution is 0.0677. The van der Waals surface area contributed by atoms with Crippen molar-refractivity contribution in [3.05, 3.63) is 11.4 Å². The Morgan fingerprint density at radius 3 is 2.82 bits per heavy atom. The number of hydrogen-bond acceptors (Lipinski definition) is 4. The van der Waals surface area contributed by atoms with Gasteiger partial charge >= 0.3 is 0 Å². The van der Waals surface area contributed by atoms with Crippen molar-refractivity contribution in [3.63, 3.8) is 0 Å². The van der Waals surface area contributed by atoms with E-state index in [4.69, 9.17) is 10.8 Å². The number of likely N-dealkylation sites (N-methyl/N-ethyl adjacent to an activating group) is 1. The maximum Gasteiger partial charge on any atom is 0.276 e. The highest BCUT2D eigenvalue weighted by Gasteiger charge is 2.23. The van der Waals surface area contributed by atoms with E-state index in [1.807, 2.05) is 6.92 Å². The summed E-state index contributed by atoms with van der Waals surface area (Å²) in [6.45, 7) is 3.70. The number of nitrogen functional groups attached to an aromatic ring is 1. The van der Waals surface area contributed by atoms with Crippen molar-refractivity contribution >= 4 is 11.6 Å². The number of aryl methyl sites for hydroxylation is 1. The van der Waals surface area contributed by atoms with E-state index in [0.29, 0.717) is 5.69 Å². The van der Waals surface area contributed by atoms with Crippen LogP contribution in [0.1, 0.15) is 36.5 Å². The van der Waals surface area contributed by atoms with Gasteiger partial charge in [0.2, 0.25) is 0 Å². The normalized spacial score (nSPS) is 12.5. The van der Waals surface area contributed by atoms with E-state index in [2.05, 4.69) is 10.2 Å². The second kappa shape index (κ2) is 5.67. The van der Waals surface area contributed by atoms with Crippen LogP contribution in [0, 0.1) is 0 Å². The molecule has 0 aliphatic carbocycles. The maximum absolute atomic E-state index is 12.0. The number of amides is 1. The molecule has 0 aliphatic heterocycles. The Labute approximate surface area is 101 Å². The lowest BCUT2D eigenvalue weighted by Crippen LogP contribution is -2.37. The van der Waals surface area contributed by atoms with E-state index in [-0.39, 0.29) is 24.2 Å². The van der Waals surface area contributed by atoms with Crippen molar-refractivity contribution in [1.29, 1.82) is 0 Å². The highest BCUT2D eigenvalue weighted by atomic mass is 16.3. The lowest BCUT2D eigenvalue weighted by atomic mass is 10.2. The number of nitrogens with zero attached hydrogens (tertiary/aromatic N) is 2. The summed E-state index contributed by atoms with van der Waals surface area (Å²) < 4.78 is 0. The molecule has 0 fully saturated rings. The van der Waals surface area contributed by atoms with Crippen LogP contribution >= 0.6 is 0 Å². The molecule has 0 radical (unpaired) electrons. The summed E-state index contributed by atoms with van der Waals surface area (Å²) in [6, 6.07) is -0.256. The largest absolute Gasteiger partial charge is 0.395 e. The third-order valence-electron chi connectivity index (χ3n) is 2.83. The highest BCUT2D eigenvalue weighted by Crippen LogP contribution is 2.17. The molecule has 0 saturated carbocycles. The summed E-state index contributed by atoms with van der Waals surface area (Å²) in [5.41, 5.74) is 7.30. The number of aliphatic hydroxyl groups excluding tert-OH is 1. The molecule has 4 N–H and O–H groups in total. The average Bonchev–Trinajstić information content (AvgIpc) is 2.69. The summed E-state index contributed by atoms with van der Waals surface area (Å²) in [5.74, 6) is -0.275. The van der Waals surface area contributed by atoms with Crippen LogP contribution in [0.3, 0.4) is 0 Å². The molecule has 6 nitrogen and oxygen atoms in total. The van der Waals surface area contributed by atoms with Crippen molar-refractivity contribution in [2.24, 2.45) is 0 Å². The Balaban J connectivity index is 2.89. The van der Waals surface area contributed by atoms with Crippen molar-refractivity contribution in [1.82, 2.24) is 15.1 Å². The zero-order chi connectivity index (χ0) is 13.0.